The van der Waals surface area contributed by atoms with Gasteiger partial charge in [0.2, 0.25) is 5.91 Å². The van der Waals surface area contributed by atoms with E-state index in [2.05, 4.69) is 45.4 Å². The van der Waals surface area contributed by atoms with Crippen LogP contribution >= 0.6 is 11.3 Å². The molecule has 132 valence electrons. The van der Waals surface area contributed by atoms with Crippen molar-refractivity contribution in [2.75, 3.05) is 25.5 Å². The number of hydrogen-bond acceptors (Lipinski definition) is 5. The monoisotopic (exact) mass is 364 g/mol. The molecule has 2 bridgehead atoms. The zero-order valence-electron chi connectivity index (χ0n) is 14.6. The van der Waals surface area contributed by atoms with Gasteiger partial charge in [-0.3, -0.25) is 9.78 Å². The van der Waals surface area contributed by atoms with E-state index in [9.17, 15) is 4.79 Å². The summed E-state index contributed by atoms with van der Waals surface area (Å²) < 4.78 is 0. The van der Waals surface area contributed by atoms with Gasteiger partial charge in [-0.25, -0.2) is 4.98 Å². The van der Waals surface area contributed by atoms with Crippen LogP contribution in [-0.4, -0.2) is 40.9 Å². The van der Waals surface area contributed by atoms with E-state index in [0.29, 0.717) is 17.0 Å². The van der Waals surface area contributed by atoms with E-state index in [1.54, 1.807) is 6.20 Å². The minimum absolute atomic E-state index is 0.143. The van der Waals surface area contributed by atoms with Crippen molar-refractivity contribution in [3.05, 3.63) is 42.9 Å². The quantitative estimate of drug-likeness (QED) is 0.773. The minimum atomic E-state index is 0.143. The average molecular weight is 364 g/mol. The van der Waals surface area contributed by atoms with Crippen LogP contribution in [0.2, 0.25) is 0 Å². The molecule has 26 heavy (non-hydrogen) atoms. The molecule has 0 radical (unpaired) electrons. The van der Waals surface area contributed by atoms with E-state index in [4.69, 9.17) is 0 Å². The molecule has 1 aliphatic carbocycles. The van der Waals surface area contributed by atoms with Gasteiger partial charge in [0.05, 0.1) is 4.88 Å². The SMILES string of the molecule is CN1CC2CC(C1)C2C(=O)Nc1ncc(-c2ccc3cnccc3c2)s1. The molecule has 3 aromatic rings. The van der Waals surface area contributed by atoms with Crippen molar-refractivity contribution in [1.82, 2.24) is 14.9 Å². The van der Waals surface area contributed by atoms with Crippen molar-refractivity contribution in [2.24, 2.45) is 17.8 Å². The van der Waals surface area contributed by atoms with Gasteiger partial charge < -0.3 is 10.2 Å². The van der Waals surface area contributed by atoms with E-state index in [0.717, 1.165) is 34.3 Å². The summed E-state index contributed by atoms with van der Waals surface area (Å²) in [6.45, 7) is 2.06. The Morgan fingerprint density at radius 3 is 2.88 bits per heavy atom. The van der Waals surface area contributed by atoms with Gasteiger partial charge in [-0.1, -0.05) is 23.5 Å². The molecule has 6 rings (SSSR count). The highest BCUT2D eigenvalue weighted by molar-refractivity contribution is 7.19. The van der Waals surface area contributed by atoms with Gasteiger partial charge in [-0.15, -0.1) is 0 Å². The number of fused-ring (bicyclic) bond motifs is 3. The molecule has 6 heteroatoms. The normalized spacial score (nSPS) is 25.0. The molecule has 1 amide bonds. The summed E-state index contributed by atoms with van der Waals surface area (Å²) in [7, 11) is 2.14. The summed E-state index contributed by atoms with van der Waals surface area (Å²) in [6, 6.07) is 8.30. The number of benzene rings is 1. The fraction of sp³-hybridized carbons (Fsp3) is 0.350. The lowest BCUT2D eigenvalue weighted by molar-refractivity contribution is -0.135. The van der Waals surface area contributed by atoms with Crippen LogP contribution in [0.15, 0.2) is 42.9 Å². The summed E-state index contributed by atoms with van der Waals surface area (Å²) in [5, 5.41) is 6.02. The van der Waals surface area contributed by atoms with Crippen LogP contribution in [-0.2, 0) is 4.79 Å². The van der Waals surface area contributed by atoms with Crippen LogP contribution in [0.25, 0.3) is 21.2 Å². The standard InChI is InChI=1S/C20H20N4OS/c1-24-10-15-7-16(11-24)18(15)19(25)23-20-22-9-17(26-20)13-2-3-14-8-21-5-4-12(14)6-13/h2-6,8-9,15-16,18H,7,10-11H2,1H3,(H,22,23,25). The second-order valence-electron chi connectivity index (χ2n) is 7.46. The molecule has 2 atom stereocenters. The Morgan fingerprint density at radius 1 is 1.19 bits per heavy atom. The fourth-order valence-corrected chi connectivity index (χ4v) is 5.26. The molecular weight excluding hydrogens is 344 g/mol. The van der Waals surface area contributed by atoms with E-state index in [-0.39, 0.29) is 11.8 Å². The molecule has 2 unspecified atom stereocenters. The Morgan fingerprint density at radius 2 is 2.04 bits per heavy atom. The first kappa shape index (κ1) is 15.9. The number of carbonyl (C=O) groups is 1. The third kappa shape index (κ3) is 2.70. The van der Waals surface area contributed by atoms with Crippen molar-refractivity contribution in [1.29, 1.82) is 0 Å². The van der Waals surface area contributed by atoms with Crippen molar-refractivity contribution in [3.8, 4) is 10.4 Å². The molecule has 4 heterocycles. The number of thiazole rings is 1. The molecule has 3 fully saturated rings. The van der Waals surface area contributed by atoms with Gasteiger partial charge in [-0.2, -0.15) is 0 Å². The van der Waals surface area contributed by atoms with Crippen molar-refractivity contribution in [2.45, 2.75) is 6.42 Å². The molecule has 0 spiro atoms. The second-order valence-corrected chi connectivity index (χ2v) is 8.49. The third-order valence-corrected chi connectivity index (χ3v) is 6.64. The third-order valence-electron chi connectivity index (χ3n) is 5.68. The van der Waals surface area contributed by atoms with Gasteiger partial charge >= 0.3 is 0 Å². The lowest BCUT2D eigenvalue weighted by Crippen LogP contribution is -2.57. The first-order valence-electron chi connectivity index (χ1n) is 8.97. The summed E-state index contributed by atoms with van der Waals surface area (Å²) in [5.74, 6) is 1.32. The smallest absolute Gasteiger partial charge is 0.229 e. The molecule has 2 aromatic heterocycles. The summed E-state index contributed by atoms with van der Waals surface area (Å²) in [4.78, 5) is 24.6. The number of hydrogen-bond donors (Lipinski definition) is 1. The van der Waals surface area contributed by atoms with Crippen LogP contribution in [0.1, 0.15) is 6.42 Å². The Balaban J connectivity index is 1.33. The number of nitrogens with zero attached hydrogens (tertiary/aromatic N) is 3. The number of pyridine rings is 1. The Kier molecular flexibility index (Phi) is 3.76. The maximum absolute atomic E-state index is 12.7. The largest absolute Gasteiger partial charge is 0.306 e. The molecule has 2 saturated heterocycles. The Hall–Kier alpha value is -2.31. The summed E-state index contributed by atoms with van der Waals surface area (Å²) in [5.41, 5.74) is 1.11. The van der Waals surface area contributed by atoms with Gasteiger partial charge in [0, 0.05) is 43.0 Å². The van der Waals surface area contributed by atoms with Gasteiger partial charge in [0.25, 0.3) is 0 Å². The van der Waals surface area contributed by atoms with Crippen molar-refractivity contribution in [3.63, 3.8) is 0 Å². The zero-order valence-corrected chi connectivity index (χ0v) is 15.4. The average Bonchev–Trinajstić information content (AvgIpc) is 3.09. The maximum Gasteiger partial charge on any atom is 0.229 e. The van der Waals surface area contributed by atoms with Gasteiger partial charge in [0.15, 0.2) is 5.13 Å². The Labute approximate surface area is 156 Å². The number of anilines is 1. The first-order chi connectivity index (χ1) is 12.7. The van der Waals surface area contributed by atoms with Crippen LogP contribution in [0.4, 0.5) is 5.13 Å². The van der Waals surface area contributed by atoms with Crippen LogP contribution in [0, 0.1) is 17.8 Å². The highest BCUT2D eigenvalue weighted by Crippen LogP contribution is 2.45. The lowest BCUT2D eigenvalue weighted by atomic mass is 9.61. The number of amides is 1. The predicted octanol–water partition coefficient (Wildman–Crippen LogP) is 3.49. The van der Waals surface area contributed by atoms with Crippen molar-refractivity contribution >= 4 is 33.1 Å². The molecular formula is C20H20N4OS. The summed E-state index contributed by atoms with van der Waals surface area (Å²) in [6.07, 6.45) is 6.71. The fourth-order valence-electron chi connectivity index (χ4n) is 4.44. The Bertz CT molecular complexity index is 973. The minimum Gasteiger partial charge on any atom is -0.306 e. The van der Waals surface area contributed by atoms with Gasteiger partial charge in [-0.05, 0) is 48.4 Å². The number of nitrogens with one attached hydrogen (secondary N) is 1. The van der Waals surface area contributed by atoms with E-state index >= 15 is 0 Å². The van der Waals surface area contributed by atoms with Crippen LogP contribution in [0.5, 0.6) is 0 Å². The number of carbonyl (C=O) groups excluding carboxylic acids is 1. The van der Waals surface area contributed by atoms with Crippen molar-refractivity contribution < 1.29 is 4.79 Å². The van der Waals surface area contributed by atoms with Crippen LogP contribution in [0.3, 0.4) is 0 Å². The number of piperidine rings is 2. The van der Waals surface area contributed by atoms with Crippen LogP contribution < -0.4 is 5.32 Å². The molecule has 3 aliphatic rings. The molecule has 1 aromatic carbocycles. The highest BCUT2D eigenvalue weighted by atomic mass is 32.1. The van der Waals surface area contributed by atoms with Gasteiger partial charge in [0.1, 0.15) is 0 Å². The van der Waals surface area contributed by atoms with E-state index in [1.165, 1.54) is 17.8 Å². The lowest BCUT2D eigenvalue weighted by Gasteiger charge is -2.51. The summed E-state index contributed by atoms with van der Waals surface area (Å²) >= 11 is 1.53. The van der Waals surface area contributed by atoms with E-state index < -0.39 is 0 Å². The number of aromatic nitrogens is 2. The maximum atomic E-state index is 12.7. The molecule has 1 N–H and O–H groups in total. The number of rotatable bonds is 3. The predicted molar refractivity (Wildman–Crippen MR) is 104 cm³/mol. The molecule has 2 aliphatic heterocycles. The molecule has 5 nitrogen and oxygen atoms in total. The zero-order chi connectivity index (χ0) is 17.7. The highest BCUT2D eigenvalue weighted by Gasteiger charge is 2.49. The topological polar surface area (TPSA) is 58.1 Å². The van der Waals surface area contributed by atoms with E-state index in [1.807, 2.05) is 18.5 Å². The first-order valence-corrected chi connectivity index (χ1v) is 9.78. The second kappa shape index (κ2) is 6.14. The molecule has 1 saturated carbocycles.